The molecule has 3 aliphatic rings. The lowest BCUT2D eigenvalue weighted by atomic mass is 10.1. The van der Waals surface area contributed by atoms with E-state index in [0.29, 0.717) is 60.8 Å². The SMILES string of the molecule is COc1ccc2c(OCC[C@@H]3NC(=O)N(C)CCCCC=C[C@@H]4C[C@@]4(C(=O)S(=O)(=O)C4(C)CC4)NC3=O)cc(-c3ccn(Cc4ccccc4)n3)nc2c1C. The molecule has 3 amide bonds. The van der Waals surface area contributed by atoms with Gasteiger partial charge in [-0.05, 0) is 76.1 Å². The number of carbonyl (C=O) groups is 3. The fraction of sp³-hybridized carbons (Fsp3) is 0.439. The summed E-state index contributed by atoms with van der Waals surface area (Å²) in [5, 5.41) is 10.2. The molecule has 0 unspecified atom stereocenters. The second-order valence-electron chi connectivity index (χ2n) is 15.2. The van der Waals surface area contributed by atoms with E-state index in [2.05, 4.69) is 10.6 Å². The van der Waals surface area contributed by atoms with Gasteiger partial charge in [0.15, 0.2) is 0 Å². The summed E-state index contributed by atoms with van der Waals surface area (Å²) in [6.45, 7) is 4.57. The van der Waals surface area contributed by atoms with Crippen LogP contribution in [0.5, 0.6) is 11.5 Å². The maximum atomic E-state index is 14.1. The van der Waals surface area contributed by atoms with Gasteiger partial charge < -0.3 is 25.0 Å². The molecular formula is C41H48N6O7S. The zero-order chi connectivity index (χ0) is 39.0. The first-order chi connectivity index (χ1) is 26.3. The van der Waals surface area contributed by atoms with Gasteiger partial charge in [0.1, 0.15) is 28.8 Å². The van der Waals surface area contributed by atoms with E-state index < -0.39 is 49.1 Å². The minimum absolute atomic E-state index is 0.00515. The molecule has 2 fully saturated rings. The number of fused-ring (bicyclic) bond motifs is 2. The van der Waals surface area contributed by atoms with Crippen molar-refractivity contribution in [3.05, 3.63) is 84.1 Å². The lowest BCUT2D eigenvalue weighted by molar-refractivity contribution is -0.127. The van der Waals surface area contributed by atoms with Gasteiger partial charge in [0.25, 0.3) is 5.12 Å². The molecule has 7 rings (SSSR count). The van der Waals surface area contributed by atoms with Crippen LogP contribution in [-0.4, -0.2) is 88.8 Å². The first kappa shape index (κ1) is 38.1. The van der Waals surface area contributed by atoms with Gasteiger partial charge in [-0.15, -0.1) is 0 Å². The molecule has 2 saturated carbocycles. The number of allylic oxidation sites excluding steroid dienone is 1. The second kappa shape index (κ2) is 15.1. The lowest BCUT2D eigenvalue weighted by Crippen LogP contribution is -2.57. The van der Waals surface area contributed by atoms with Crippen LogP contribution < -0.4 is 20.1 Å². The van der Waals surface area contributed by atoms with Crippen LogP contribution in [0, 0.1) is 12.8 Å². The fourth-order valence-corrected chi connectivity index (χ4v) is 9.01. The summed E-state index contributed by atoms with van der Waals surface area (Å²) in [4.78, 5) is 47.8. The highest BCUT2D eigenvalue weighted by Gasteiger charge is 2.67. The Morgan fingerprint density at radius 2 is 1.82 bits per heavy atom. The number of nitrogens with zero attached hydrogens (tertiary/aromatic N) is 4. The molecule has 0 radical (unpaired) electrons. The number of pyridine rings is 1. The highest BCUT2D eigenvalue weighted by Crippen LogP contribution is 2.52. The van der Waals surface area contributed by atoms with Crippen molar-refractivity contribution < 1.29 is 32.3 Å². The Morgan fingerprint density at radius 3 is 2.56 bits per heavy atom. The van der Waals surface area contributed by atoms with E-state index in [-0.39, 0.29) is 19.4 Å². The third kappa shape index (κ3) is 7.69. The predicted octanol–water partition coefficient (Wildman–Crippen LogP) is 5.35. The number of sulfone groups is 1. The first-order valence-electron chi connectivity index (χ1n) is 18.8. The first-order valence-corrected chi connectivity index (χ1v) is 20.3. The van der Waals surface area contributed by atoms with Crippen molar-refractivity contribution in [2.24, 2.45) is 5.92 Å². The summed E-state index contributed by atoms with van der Waals surface area (Å²) in [6, 6.07) is 15.8. The molecule has 0 spiro atoms. The van der Waals surface area contributed by atoms with Crippen LogP contribution in [0.15, 0.2) is 72.9 Å². The molecule has 1 aliphatic heterocycles. The van der Waals surface area contributed by atoms with E-state index in [1.54, 1.807) is 21.1 Å². The molecular weight excluding hydrogens is 721 g/mol. The van der Waals surface area contributed by atoms with Gasteiger partial charge in [0.05, 0.1) is 36.2 Å². The molecule has 290 valence electrons. The summed E-state index contributed by atoms with van der Waals surface area (Å²) in [7, 11) is -0.911. The third-order valence-corrected chi connectivity index (χ3v) is 13.7. The Morgan fingerprint density at radius 1 is 1.04 bits per heavy atom. The third-order valence-electron chi connectivity index (χ3n) is 11.1. The van der Waals surface area contributed by atoms with Crippen molar-refractivity contribution in [3.8, 4) is 22.9 Å². The van der Waals surface area contributed by atoms with Gasteiger partial charge >= 0.3 is 6.03 Å². The van der Waals surface area contributed by atoms with Crippen molar-refractivity contribution >= 4 is 37.8 Å². The maximum Gasteiger partial charge on any atom is 0.317 e. The number of nitrogens with one attached hydrogen (secondary N) is 2. The van der Waals surface area contributed by atoms with Gasteiger partial charge in [-0.2, -0.15) is 5.10 Å². The van der Waals surface area contributed by atoms with E-state index in [9.17, 15) is 22.8 Å². The van der Waals surface area contributed by atoms with E-state index in [0.717, 1.165) is 29.4 Å². The molecule has 3 heterocycles. The molecule has 2 N–H and O–H groups in total. The van der Waals surface area contributed by atoms with Gasteiger partial charge in [-0.3, -0.25) is 14.3 Å². The molecule has 3 atom stereocenters. The molecule has 14 heteroatoms. The summed E-state index contributed by atoms with van der Waals surface area (Å²) < 4.78 is 39.7. The Balaban J connectivity index is 1.16. The number of benzene rings is 2. The van der Waals surface area contributed by atoms with Crippen LogP contribution >= 0.6 is 0 Å². The Labute approximate surface area is 321 Å². The van der Waals surface area contributed by atoms with Crippen LogP contribution in [0.25, 0.3) is 22.3 Å². The van der Waals surface area contributed by atoms with Crippen LogP contribution in [-0.2, 0) is 26.0 Å². The Kier molecular flexibility index (Phi) is 10.5. The standard InChI is InChI=1S/C41H48N6O7S/c1-27-34(53-4)16-15-30-35(24-33(42-36(27)30)31-17-22-47(45-31)26-28-12-8-7-9-13-28)54-23-18-32-37(48)44-41(38(49)55(51,52)40(2)19-20-40)25-29(41)14-10-5-6-11-21-46(3)39(50)43-32/h7-10,12-17,22,24,29,32H,5-6,11,18-21,23,25-26H2,1-4H3,(H,43,50)(H,44,48)/t29-,32+,41-/m1/s1. The molecule has 2 aromatic heterocycles. The fourth-order valence-electron chi connectivity index (χ4n) is 7.16. The number of amides is 3. The topological polar surface area (TPSA) is 162 Å². The summed E-state index contributed by atoms with van der Waals surface area (Å²) in [5.74, 6) is 0.0520. The molecule has 4 aromatic rings. The van der Waals surface area contributed by atoms with Crippen LogP contribution in [0.2, 0.25) is 0 Å². The summed E-state index contributed by atoms with van der Waals surface area (Å²) >= 11 is 0. The average molecular weight is 769 g/mol. The minimum atomic E-state index is -4.17. The molecule has 2 aromatic carbocycles. The summed E-state index contributed by atoms with van der Waals surface area (Å²) in [6.07, 6.45) is 8.95. The number of hydrogen-bond acceptors (Lipinski definition) is 9. The van der Waals surface area contributed by atoms with E-state index in [1.165, 1.54) is 4.90 Å². The Hall–Kier alpha value is -5.24. The second-order valence-corrected chi connectivity index (χ2v) is 17.5. The van der Waals surface area contributed by atoms with Crippen LogP contribution in [0.3, 0.4) is 0 Å². The number of carbonyl (C=O) groups excluding carboxylic acids is 3. The zero-order valence-electron chi connectivity index (χ0n) is 31.7. The largest absolute Gasteiger partial charge is 0.496 e. The number of urea groups is 1. The number of hydrogen-bond donors (Lipinski definition) is 2. The van der Waals surface area contributed by atoms with E-state index in [4.69, 9.17) is 19.6 Å². The average Bonchev–Trinajstić information content (AvgIpc) is 4.05. The lowest BCUT2D eigenvalue weighted by Gasteiger charge is -2.26. The van der Waals surface area contributed by atoms with Crippen LogP contribution in [0.4, 0.5) is 4.79 Å². The monoisotopic (exact) mass is 768 g/mol. The minimum Gasteiger partial charge on any atom is -0.496 e. The maximum absolute atomic E-state index is 14.1. The quantitative estimate of drug-likeness (QED) is 0.203. The number of rotatable bonds is 10. The van der Waals surface area contributed by atoms with Crippen molar-refractivity contribution in [2.75, 3.05) is 27.3 Å². The molecule has 13 nitrogen and oxygen atoms in total. The highest BCUT2D eigenvalue weighted by molar-refractivity contribution is 8.07. The molecule has 0 saturated heterocycles. The molecule has 0 bridgehead atoms. The van der Waals surface area contributed by atoms with Gasteiger partial charge in [-0.1, -0.05) is 42.5 Å². The van der Waals surface area contributed by atoms with Gasteiger partial charge in [-0.25, -0.2) is 18.2 Å². The zero-order valence-corrected chi connectivity index (χ0v) is 32.5. The predicted molar refractivity (Wildman–Crippen MR) is 208 cm³/mol. The van der Waals surface area contributed by atoms with Crippen LogP contribution in [0.1, 0.15) is 63.0 Å². The van der Waals surface area contributed by atoms with Gasteiger partial charge in [0.2, 0.25) is 15.7 Å². The van der Waals surface area contributed by atoms with Crippen molar-refractivity contribution in [1.82, 2.24) is 30.3 Å². The number of aryl methyl sites for hydroxylation is 1. The molecule has 55 heavy (non-hydrogen) atoms. The van der Waals surface area contributed by atoms with Crippen molar-refractivity contribution in [2.45, 2.75) is 81.7 Å². The van der Waals surface area contributed by atoms with Crippen molar-refractivity contribution in [1.29, 1.82) is 0 Å². The molecule has 2 aliphatic carbocycles. The van der Waals surface area contributed by atoms with Gasteiger partial charge in [0, 0.05) is 49.1 Å². The number of aromatic nitrogens is 3. The van der Waals surface area contributed by atoms with Crippen molar-refractivity contribution in [3.63, 3.8) is 0 Å². The smallest absolute Gasteiger partial charge is 0.317 e. The van der Waals surface area contributed by atoms with E-state index >= 15 is 0 Å². The number of methoxy groups -OCH3 is 1. The summed E-state index contributed by atoms with van der Waals surface area (Å²) in [5.41, 5.74) is 2.22. The highest BCUT2D eigenvalue weighted by atomic mass is 32.2. The number of ether oxygens (including phenoxy) is 2. The Bertz CT molecular complexity index is 2250. The normalized spacial score (nSPS) is 22.6. The van der Waals surface area contributed by atoms with E-state index in [1.807, 2.05) is 84.6 Å².